The van der Waals surface area contributed by atoms with E-state index >= 15 is 0 Å². The van der Waals surface area contributed by atoms with E-state index in [0.717, 1.165) is 28.6 Å². The fourth-order valence-corrected chi connectivity index (χ4v) is 4.88. The highest BCUT2D eigenvalue weighted by atomic mass is 35.5. The number of ether oxygens (including phenoxy) is 1. The van der Waals surface area contributed by atoms with Crippen LogP contribution in [0.3, 0.4) is 0 Å². The van der Waals surface area contributed by atoms with Crippen molar-refractivity contribution in [3.8, 4) is 0 Å². The van der Waals surface area contributed by atoms with Crippen molar-refractivity contribution in [2.75, 3.05) is 6.61 Å². The number of esters is 1. The number of nitro benzene ring substituents is 1. The molecule has 0 bridgehead atoms. The number of nitrogens with zero attached hydrogens (tertiary/aromatic N) is 2. The van der Waals surface area contributed by atoms with Gasteiger partial charge in [0, 0.05) is 23.7 Å². The maximum atomic E-state index is 13.5. The van der Waals surface area contributed by atoms with E-state index in [9.17, 15) is 23.3 Å². The summed E-state index contributed by atoms with van der Waals surface area (Å²) in [6, 6.07) is 10.1. The van der Waals surface area contributed by atoms with E-state index in [4.69, 9.17) is 16.3 Å². The quantitative estimate of drug-likeness (QED) is 0.321. The lowest BCUT2D eigenvalue weighted by Crippen LogP contribution is -2.48. The van der Waals surface area contributed by atoms with Crippen LogP contribution in [-0.2, 0) is 26.1 Å². The summed E-state index contributed by atoms with van der Waals surface area (Å²) in [5.74, 6) is -1.06. The molecule has 10 heteroatoms. The summed E-state index contributed by atoms with van der Waals surface area (Å²) in [6.07, 6.45) is 0. The average molecular weight is 455 g/mol. The van der Waals surface area contributed by atoms with Gasteiger partial charge in [-0.05, 0) is 42.7 Å². The second-order valence-corrected chi connectivity index (χ2v) is 9.20. The van der Waals surface area contributed by atoms with Gasteiger partial charge in [0.05, 0.1) is 16.4 Å². The standard InChI is InChI=1S/C20H23ClN2O6S/c1-4-29-20(24)19(14(2)3)22(13-15-6-5-7-16(21)12-15)30(27,28)18-10-8-17(9-11-18)23(25)26/h5-12,14,19H,4,13H2,1-3H3/t19-/m0/s1. The molecule has 0 aliphatic carbocycles. The molecule has 0 saturated heterocycles. The molecule has 0 aliphatic heterocycles. The third kappa shape index (κ3) is 5.56. The molecule has 0 aliphatic rings. The second-order valence-electron chi connectivity index (χ2n) is 6.87. The highest BCUT2D eigenvalue weighted by Gasteiger charge is 2.39. The molecule has 0 saturated carbocycles. The molecule has 0 fully saturated rings. The van der Waals surface area contributed by atoms with E-state index in [1.54, 1.807) is 45.0 Å². The van der Waals surface area contributed by atoms with Gasteiger partial charge < -0.3 is 4.74 Å². The molecule has 30 heavy (non-hydrogen) atoms. The van der Waals surface area contributed by atoms with Gasteiger partial charge in [-0.3, -0.25) is 14.9 Å². The highest BCUT2D eigenvalue weighted by Crippen LogP contribution is 2.27. The first-order valence-corrected chi connectivity index (χ1v) is 11.1. The number of halogens is 1. The molecule has 2 aromatic rings. The van der Waals surface area contributed by atoms with Crippen LogP contribution in [-0.4, -0.2) is 36.3 Å². The van der Waals surface area contributed by atoms with Crippen LogP contribution in [0, 0.1) is 16.0 Å². The lowest BCUT2D eigenvalue weighted by atomic mass is 10.0. The molecule has 2 aromatic carbocycles. The van der Waals surface area contributed by atoms with Gasteiger partial charge in [-0.25, -0.2) is 8.42 Å². The summed E-state index contributed by atoms with van der Waals surface area (Å²) in [4.78, 5) is 22.8. The molecule has 8 nitrogen and oxygen atoms in total. The lowest BCUT2D eigenvalue weighted by Gasteiger charge is -2.32. The fourth-order valence-electron chi connectivity index (χ4n) is 2.97. The number of carbonyl (C=O) groups excluding carboxylic acids is 1. The molecule has 0 radical (unpaired) electrons. The number of nitro groups is 1. The van der Waals surface area contributed by atoms with E-state index < -0.39 is 32.9 Å². The number of hydrogen-bond donors (Lipinski definition) is 0. The first-order valence-electron chi connectivity index (χ1n) is 9.25. The molecule has 0 heterocycles. The van der Waals surface area contributed by atoms with E-state index in [1.165, 1.54) is 0 Å². The Labute approximate surface area is 180 Å². The van der Waals surface area contributed by atoms with Crippen molar-refractivity contribution < 1.29 is 22.9 Å². The highest BCUT2D eigenvalue weighted by molar-refractivity contribution is 7.89. The first-order chi connectivity index (χ1) is 14.1. The molecule has 0 unspecified atom stereocenters. The molecule has 0 aromatic heterocycles. The topological polar surface area (TPSA) is 107 Å². The van der Waals surface area contributed by atoms with Crippen molar-refractivity contribution in [2.24, 2.45) is 5.92 Å². The van der Waals surface area contributed by atoms with Gasteiger partial charge in [-0.1, -0.05) is 37.6 Å². The molecular formula is C20H23ClN2O6S. The Balaban J connectivity index is 2.57. The minimum absolute atomic E-state index is 0.102. The summed E-state index contributed by atoms with van der Waals surface area (Å²) in [7, 11) is -4.20. The Morgan fingerprint density at radius 2 is 1.83 bits per heavy atom. The van der Waals surface area contributed by atoms with Gasteiger partial charge in [0.2, 0.25) is 10.0 Å². The van der Waals surface area contributed by atoms with E-state index in [-0.39, 0.29) is 23.7 Å². The maximum Gasteiger partial charge on any atom is 0.324 e. The van der Waals surface area contributed by atoms with Crippen LogP contribution in [0.15, 0.2) is 53.4 Å². The van der Waals surface area contributed by atoms with Crippen LogP contribution >= 0.6 is 11.6 Å². The summed E-state index contributed by atoms with van der Waals surface area (Å²) < 4.78 is 33.1. The molecule has 162 valence electrons. The van der Waals surface area contributed by atoms with Crippen LogP contribution in [0.2, 0.25) is 5.02 Å². The Bertz CT molecular complexity index is 1010. The van der Waals surface area contributed by atoms with Gasteiger partial charge >= 0.3 is 5.97 Å². The van der Waals surface area contributed by atoms with E-state index in [1.807, 2.05) is 0 Å². The summed E-state index contributed by atoms with van der Waals surface area (Å²) in [5, 5.41) is 11.3. The largest absolute Gasteiger partial charge is 0.465 e. The number of benzene rings is 2. The van der Waals surface area contributed by atoms with Crippen molar-refractivity contribution in [2.45, 2.75) is 38.3 Å². The third-order valence-electron chi connectivity index (χ3n) is 4.35. The van der Waals surface area contributed by atoms with Crippen LogP contribution in [0.5, 0.6) is 0 Å². The SMILES string of the molecule is CCOC(=O)[C@H](C(C)C)N(Cc1cccc(Cl)c1)S(=O)(=O)c1ccc([N+](=O)[O-])cc1. The molecule has 0 spiro atoms. The third-order valence-corrected chi connectivity index (χ3v) is 6.43. The van der Waals surface area contributed by atoms with Crippen LogP contribution < -0.4 is 0 Å². The Kier molecular flexibility index (Phi) is 7.94. The monoisotopic (exact) mass is 454 g/mol. The molecular weight excluding hydrogens is 432 g/mol. The van der Waals surface area contributed by atoms with Crippen molar-refractivity contribution >= 4 is 33.3 Å². The first kappa shape index (κ1) is 23.8. The summed E-state index contributed by atoms with van der Waals surface area (Å²) >= 11 is 6.04. The van der Waals surface area contributed by atoms with Crippen LogP contribution in [0.25, 0.3) is 0 Å². The van der Waals surface area contributed by atoms with Crippen molar-refractivity contribution in [1.82, 2.24) is 4.31 Å². The van der Waals surface area contributed by atoms with Gasteiger partial charge in [-0.2, -0.15) is 4.31 Å². The van der Waals surface area contributed by atoms with Gasteiger partial charge in [0.1, 0.15) is 6.04 Å². The Morgan fingerprint density at radius 1 is 1.20 bits per heavy atom. The zero-order valence-corrected chi connectivity index (χ0v) is 18.4. The Morgan fingerprint density at radius 3 is 2.33 bits per heavy atom. The average Bonchev–Trinajstić information content (AvgIpc) is 2.67. The maximum absolute atomic E-state index is 13.5. The smallest absolute Gasteiger partial charge is 0.324 e. The predicted octanol–water partition coefficient (Wildman–Crippen LogP) is 4.03. The Hall–Kier alpha value is -2.49. The number of non-ortho nitro benzene ring substituents is 1. The molecule has 2 rings (SSSR count). The number of rotatable bonds is 9. The molecule has 1 atom stereocenters. The van der Waals surface area contributed by atoms with E-state index in [0.29, 0.717) is 10.6 Å². The van der Waals surface area contributed by atoms with Crippen LogP contribution in [0.4, 0.5) is 5.69 Å². The minimum Gasteiger partial charge on any atom is -0.465 e. The number of carbonyl (C=O) groups is 1. The van der Waals surface area contributed by atoms with Gasteiger partial charge in [0.25, 0.3) is 5.69 Å². The lowest BCUT2D eigenvalue weighted by molar-refractivity contribution is -0.384. The zero-order valence-electron chi connectivity index (χ0n) is 16.8. The fraction of sp³-hybridized carbons (Fsp3) is 0.350. The van der Waals surface area contributed by atoms with Crippen molar-refractivity contribution in [1.29, 1.82) is 0 Å². The zero-order chi connectivity index (χ0) is 22.5. The number of sulfonamides is 1. The van der Waals surface area contributed by atoms with Gasteiger partial charge in [0.15, 0.2) is 0 Å². The predicted molar refractivity (Wildman–Crippen MR) is 113 cm³/mol. The minimum atomic E-state index is -4.20. The van der Waals surface area contributed by atoms with E-state index in [2.05, 4.69) is 0 Å². The molecule has 0 N–H and O–H groups in total. The summed E-state index contributed by atoms with van der Waals surface area (Å²) in [6.45, 7) is 5.06. The van der Waals surface area contributed by atoms with Crippen LogP contribution in [0.1, 0.15) is 26.3 Å². The molecule has 0 amide bonds. The normalized spacial score (nSPS) is 12.7. The van der Waals surface area contributed by atoms with Crippen molar-refractivity contribution in [3.05, 3.63) is 69.2 Å². The van der Waals surface area contributed by atoms with Gasteiger partial charge in [-0.15, -0.1) is 0 Å². The summed E-state index contributed by atoms with van der Waals surface area (Å²) in [5.41, 5.74) is 0.351. The second kappa shape index (κ2) is 10.0. The van der Waals surface area contributed by atoms with Crippen molar-refractivity contribution in [3.63, 3.8) is 0 Å². The number of hydrogen-bond acceptors (Lipinski definition) is 6.